The number of nitrogens with zero attached hydrogens (tertiary/aromatic N) is 1. The fourth-order valence-electron chi connectivity index (χ4n) is 2.36. The summed E-state index contributed by atoms with van der Waals surface area (Å²) in [7, 11) is 1.50. The largest absolute Gasteiger partial charge is 0.480 e. The topological polar surface area (TPSA) is 92.9 Å². The van der Waals surface area contributed by atoms with E-state index in [1.165, 1.54) is 12.0 Å². The summed E-state index contributed by atoms with van der Waals surface area (Å²) in [6.45, 7) is 0.0261. The first-order valence-electron chi connectivity index (χ1n) is 6.32. The van der Waals surface area contributed by atoms with Gasteiger partial charge in [-0.2, -0.15) is 0 Å². The number of hydrogen-bond acceptors (Lipinski definition) is 4. The highest BCUT2D eigenvalue weighted by molar-refractivity contribution is 5.82. The van der Waals surface area contributed by atoms with Gasteiger partial charge in [-0.1, -0.05) is 12.8 Å². The SMILES string of the molecule is COC(CN)CC(=O)N(CC(=O)O)C1CCCC1. The molecule has 0 aromatic heterocycles. The number of carbonyl (C=O) groups is 2. The second kappa shape index (κ2) is 7.33. The lowest BCUT2D eigenvalue weighted by atomic mass is 10.1. The average Bonchev–Trinajstić information content (AvgIpc) is 2.86. The van der Waals surface area contributed by atoms with Crippen LogP contribution in [0.15, 0.2) is 0 Å². The molecule has 1 rings (SSSR count). The number of nitrogens with two attached hydrogens (primary N) is 1. The summed E-state index contributed by atoms with van der Waals surface area (Å²) in [6, 6.07) is 0.0591. The molecule has 1 amide bonds. The van der Waals surface area contributed by atoms with Crippen molar-refractivity contribution in [3.05, 3.63) is 0 Å². The van der Waals surface area contributed by atoms with Crippen LogP contribution in [-0.2, 0) is 14.3 Å². The van der Waals surface area contributed by atoms with Crippen LogP contribution >= 0.6 is 0 Å². The van der Waals surface area contributed by atoms with Gasteiger partial charge in [-0.25, -0.2) is 0 Å². The molecule has 1 aliphatic carbocycles. The monoisotopic (exact) mass is 258 g/mol. The number of carboxylic acid groups (broad SMARTS) is 1. The summed E-state index contributed by atoms with van der Waals surface area (Å²) >= 11 is 0. The summed E-state index contributed by atoms with van der Waals surface area (Å²) in [5, 5.41) is 8.89. The highest BCUT2D eigenvalue weighted by Gasteiger charge is 2.29. The zero-order chi connectivity index (χ0) is 13.5. The van der Waals surface area contributed by atoms with E-state index in [2.05, 4.69) is 0 Å². The lowest BCUT2D eigenvalue weighted by Crippen LogP contribution is -2.44. The molecule has 3 N–H and O–H groups in total. The van der Waals surface area contributed by atoms with Gasteiger partial charge in [-0.05, 0) is 12.8 Å². The third-order valence-corrected chi connectivity index (χ3v) is 3.39. The molecule has 1 aliphatic rings. The summed E-state index contributed by atoms with van der Waals surface area (Å²) in [5.41, 5.74) is 5.47. The van der Waals surface area contributed by atoms with Crippen LogP contribution in [0, 0.1) is 0 Å². The zero-order valence-electron chi connectivity index (χ0n) is 10.8. The summed E-state index contributed by atoms with van der Waals surface area (Å²) in [4.78, 5) is 24.4. The predicted molar refractivity (Wildman–Crippen MR) is 66.1 cm³/mol. The van der Waals surface area contributed by atoms with Gasteiger partial charge in [0.15, 0.2) is 0 Å². The Morgan fingerprint density at radius 2 is 2.06 bits per heavy atom. The average molecular weight is 258 g/mol. The van der Waals surface area contributed by atoms with Gasteiger partial charge >= 0.3 is 5.97 Å². The summed E-state index contributed by atoms with van der Waals surface area (Å²) in [6.07, 6.45) is 3.70. The molecule has 1 unspecified atom stereocenters. The third-order valence-electron chi connectivity index (χ3n) is 3.39. The maximum absolute atomic E-state index is 12.1. The number of ether oxygens (including phenoxy) is 1. The van der Waals surface area contributed by atoms with Crippen molar-refractivity contribution < 1.29 is 19.4 Å². The summed E-state index contributed by atoms with van der Waals surface area (Å²) in [5.74, 6) is -1.15. The Morgan fingerprint density at radius 3 is 2.50 bits per heavy atom. The Hall–Kier alpha value is -1.14. The van der Waals surface area contributed by atoms with E-state index < -0.39 is 5.97 Å². The van der Waals surface area contributed by atoms with Crippen molar-refractivity contribution in [3.8, 4) is 0 Å². The van der Waals surface area contributed by atoms with E-state index in [1.54, 1.807) is 0 Å². The molecule has 0 aliphatic heterocycles. The first-order chi connectivity index (χ1) is 8.58. The van der Waals surface area contributed by atoms with Crippen LogP contribution in [-0.4, -0.2) is 54.2 Å². The van der Waals surface area contributed by atoms with Crippen molar-refractivity contribution in [1.82, 2.24) is 4.90 Å². The van der Waals surface area contributed by atoms with E-state index in [9.17, 15) is 9.59 Å². The van der Waals surface area contributed by atoms with Crippen molar-refractivity contribution in [2.24, 2.45) is 5.73 Å². The molecule has 1 fully saturated rings. The second-order valence-electron chi connectivity index (χ2n) is 4.65. The number of carbonyl (C=O) groups excluding carboxylic acids is 1. The van der Waals surface area contributed by atoms with Crippen LogP contribution in [0.25, 0.3) is 0 Å². The molecule has 0 spiro atoms. The Morgan fingerprint density at radius 1 is 1.44 bits per heavy atom. The van der Waals surface area contributed by atoms with E-state index in [-0.39, 0.29) is 37.6 Å². The molecule has 18 heavy (non-hydrogen) atoms. The molecule has 1 saturated carbocycles. The van der Waals surface area contributed by atoms with Gasteiger partial charge in [0.05, 0.1) is 12.5 Å². The molecule has 0 bridgehead atoms. The highest BCUT2D eigenvalue weighted by Crippen LogP contribution is 2.24. The van der Waals surface area contributed by atoms with Crippen LogP contribution in [0.4, 0.5) is 0 Å². The lowest BCUT2D eigenvalue weighted by molar-refractivity contribution is -0.147. The zero-order valence-corrected chi connectivity index (χ0v) is 10.8. The van der Waals surface area contributed by atoms with Gasteiger partial charge in [-0.15, -0.1) is 0 Å². The minimum atomic E-state index is -0.975. The molecule has 0 saturated heterocycles. The van der Waals surface area contributed by atoms with Crippen LogP contribution < -0.4 is 5.73 Å². The predicted octanol–water partition coefficient (Wildman–Crippen LogP) is 0.206. The Bertz CT molecular complexity index is 286. The van der Waals surface area contributed by atoms with E-state index >= 15 is 0 Å². The number of methoxy groups -OCH3 is 1. The van der Waals surface area contributed by atoms with E-state index in [0.717, 1.165) is 25.7 Å². The van der Waals surface area contributed by atoms with Gasteiger partial charge in [-0.3, -0.25) is 9.59 Å². The number of carboxylic acids is 1. The minimum Gasteiger partial charge on any atom is -0.480 e. The highest BCUT2D eigenvalue weighted by atomic mass is 16.5. The Labute approximate surface area is 107 Å². The minimum absolute atomic E-state index is 0.0591. The van der Waals surface area contributed by atoms with Gasteiger partial charge in [0, 0.05) is 19.7 Å². The van der Waals surface area contributed by atoms with Crippen LogP contribution in [0.3, 0.4) is 0 Å². The molecular formula is C12H22N2O4. The third kappa shape index (κ3) is 4.27. The van der Waals surface area contributed by atoms with Crippen LogP contribution in [0.5, 0.6) is 0 Å². The first-order valence-corrected chi connectivity index (χ1v) is 6.32. The second-order valence-corrected chi connectivity index (χ2v) is 4.65. The first kappa shape index (κ1) is 14.9. The van der Waals surface area contributed by atoms with Gasteiger partial charge in [0.1, 0.15) is 6.54 Å². The molecule has 1 atom stereocenters. The van der Waals surface area contributed by atoms with E-state index in [1.807, 2.05) is 0 Å². The van der Waals surface area contributed by atoms with Crippen molar-refractivity contribution in [1.29, 1.82) is 0 Å². The maximum atomic E-state index is 12.1. The summed E-state index contributed by atoms with van der Waals surface area (Å²) < 4.78 is 5.07. The van der Waals surface area contributed by atoms with Crippen LogP contribution in [0.2, 0.25) is 0 Å². The molecule has 6 nitrogen and oxygen atoms in total. The van der Waals surface area contributed by atoms with E-state index in [4.69, 9.17) is 15.6 Å². The van der Waals surface area contributed by atoms with Crippen molar-refractivity contribution >= 4 is 11.9 Å². The fraction of sp³-hybridized carbons (Fsp3) is 0.833. The molecule has 0 aromatic carbocycles. The number of hydrogen-bond donors (Lipinski definition) is 2. The van der Waals surface area contributed by atoms with Crippen molar-refractivity contribution in [3.63, 3.8) is 0 Å². The molecular weight excluding hydrogens is 236 g/mol. The quantitative estimate of drug-likeness (QED) is 0.680. The Kier molecular flexibility index (Phi) is 6.07. The van der Waals surface area contributed by atoms with Gasteiger partial charge in [0.25, 0.3) is 0 Å². The number of rotatable bonds is 7. The van der Waals surface area contributed by atoms with Gasteiger partial charge < -0.3 is 20.5 Å². The van der Waals surface area contributed by atoms with E-state index in [0.29, 0.717) is 0 Å². The van der Waals surface area contributed by atoms with Gasteiger partial charge in [0.2, 0.25) is 5.91 Å². The van der Waals surface area contributed by atoms with Crippen molar-refractivity contribution in [2.45, 2.75) is 44.2 Å². The molecule has 104 valence electrons. The smallest absolute Gasteiger partial charge is 0.323 e. The van der Waals surface area contributed by atoms with Crippen LogP contribution in [0.1, 0.15) is 32.1 Å². The normalized spacial score (nSPS) is 17.7. The Balaban J connectivity index is 2.62. The fourth-order valence-corrected chi connectivity index (χ4v) is 2.36. The lowest BCUT2D eigenvalue weighted by Gasteiger charge is -2.28. The molecule has 0 heterocycles. The number of amides is 1. The van der Waals surface area contributed by atoms with Crippen molar-refractivity contribution in [2.75, 3.05) is 20.2 Å². The number of aliphatic carboxylic acids is 1. The molecule has 6 heteroatoms. The standard InChI is InChI=1S/C12H22N2O4/c1-18-10(7-13)6-11(15)14(8-12(16)17)9-4-2-3-5-9/h9-10H,2-8,13H2,1H3,(H,16,17). The molecule has 0 aromatic rings. The maximum Gasteiger partial charge on any atom is 0.323 e. The molecule has 0 radical (unpaired) electrons.